The van der Waals surface area contributed by atoms with Gasteiger partial charge in [0.2, 0.25) is 0 Å². The monoisotopic (exact) mass is 226 g/mol. The molecule has 3 nitrogen and oxygen atoms in total. The molecule has 0 spiro atoms. The molecule has 0 aromatic heterocycles. The molecule has 0 saturated carbocycles. The first kappa shape index (κ1) is 12.6. The number of rotatable bonds is 5. The first-order chi connectivity index (χ1) is 7.63. The van der Waals surface area contributed by atoms with Crippen LogP contribution in [0.25, 0.3) is 0 Å². The summed E-state index contributed by atoms with van der Waals surface area (Å²) in [5.74, 6) is 0.222. The first-order valence-electron chi connectivity index (χ1n) is 5.52. The minimum atomic E-state index is -0.298. The van der Waals surface area contributed by atoms with Gasteiger partial charge in [-0.3, -0.25) is 0 Å². The second kappa shape index (κ2) is 5.58. The van der Waals surface area contributed by atoms with Gasteiger partial charge in [0.05, 0.1) is 18.5 Å². The number of anilines is 2. The van der Waals surface area contributed by atoms with E-state index in [0.29, 0.717) is 17.1 Å². The van der Waals surface area contributed by atoms with Gasteiger partial charge in [0.15, 0.2) is 0 Å². The summed E-state index contributed by atoms with van der Waals surface area (Å²) in [7, 11) is 1.53. The van der Waals surface area contributed by atoms with Crippen LogP contribution in [0.5, 0.6) is 5.75 Å². The van der Waals surface area contributed by atoms with Crippen LogP contribution in [0.2, 0.25) is 0 Å². The zero-order valence-corrected chi connectivity index (χ0v) is 10.1. The van der Waals surface area contributed by atoms with Gasteiger partial charge in [0.1, 0.15) is 11.6 Å². The lowest BCUT2D eigenvalue weighted by Gasteiger charge is -2.23. The van der Waals surface area contributed by atoms with E-state index in [1.165, 1.54) is 13.2 Å². The summed E-state index contributed by atoms with van der Waals surface area (Å²) in [4.78, 5) is 1.97. The zero-order chi connectivity index (χ0) is 12.1. The van der Waals surface area contributed by atoms with E-state index in [1.54, 1.807) is 6.07 Å². The molecule has 1 rings (SSSR count). The maximum atomic E-state index is 13.7. The SMILES string of the molecule is CCCN(CC)c1cc(OC)c(N)cc1F. The van der Waals surface area contributed by atoms with Gasteiger partial charge in [-0.1, -0.05) is 6.92 Å². The highest BCUT2D eigenvalue weighted by atomic mass is 19.1. The highest BCUT2D eigenvalue weighted by molar-refractivity contribution is 5.63. The van der Waals surface area contributed by atoms with Crippen LogP contribution in [0, 0.1) is 5.82 Å². The normalized spacial score (nSPS) is 10.2. The van der Waals surface area contributed by atoms with Crippen LogP contribution >= 0.6 is 0 Å². The molecule has 16 heavy (non-hydrogen) atoms. The Morgan fingerprint density at radius 2 is 2.06 bits per heavy atom. The number of nitrogens with zero attached hydrogens (tertiary/aromatic N) is 1. The number of ether oxygens (including phenoxy) is 1. The van der Waals surface area contributed by atoms with Crippen molar-refractivity contribution in [3.8, 4) is 5.75 Å². The van der Waals surface area contributed by atoms with Crippen molar-refractivity contribution in [3.63, 3.8) is 0 Å². The first-order valence-corrected chi connectivity index (χ1v) is 5.52. The van der Waals surface area contributed by atoms with E-state index in [4.69, 9.17) is 10.5 Å². The molecule has 0 aliphatic rings. The maximum Gasteiger partial charge on any atom is 0.148 e. The molecule has 2 N–H and O–H groups in total. The van der Waals surface area contributed by atoms with Crippen LogP contribution in [0.3, 0.4) is 0 Å². The largest absolute Gasteiger partial charge is 0.495 e. The van der Waals surface area contributed by atoms with Crippen molar-refractivity contribution in [1.82, 2.24) is 0 Å². The lowest BCUT2D eigenvalue weighted by atomic mass is 10.2. The van der Waals surface area contributed by atoms with Gasteiger partial charge >= 0.3 is 0 Å². The number of nitrogens with two attached hydrogens (primary N) is 1. The smallest absolute Gasteiger partial charge is 0.148 e. The summed E-state index contributed by atoms with van der Waals surface area (Å²) < 4.78 is 18.8. The van der Waals surface area contributed by atoms with Gasteiger partial charge in [-0.15, -0.1) is 0 Å². The van der Waals surface area contributed by atoms with Gasteiger partial charge in [0.25, 0.3) is 0 Å². The average Bonchev–Trinajstić information content (AvgIpc) is 2.27. The molecule has 0 bridgehead atoms. The summed E-state index contributed by atoms with van der Waals surface area (Å²) in [6.45, 7) is 5.64. The minimum absolute atomic E-state index is 0.298. The predicted octanol–water partition coefficient (Wildman–Crippen LogP) is 2.65. The fourth-order valence-corrected chi connectivity index (χ4v) is 1.70. The molecule has 0 aliphatic heterocycles. The van der Waals surface area contributed by atoms with Crippen LogP contribution in [0.1, 0.15) is 20.3 Å². The molecule has 4 heteroatoms. The van der Waals surface area contributed by atoms with Crippen molar-refractivity contribution in [3.05, 3.63) is 17.9 Å². The Morgan fingerprint density at radius 3 is 2.56 bits per heavy atom. The molecule has 0 radical (unpaired) electrons. The van der Waals surface area contributed by atoms with Gasteiger partial charge in [-0.25, -0.2) is 4.39 Å². The molecule has 0 fully saturated rings. The topological polar surface area (TPSA) is 38.5 Å². The lowest BCUT2D eigenvalue weighted by molar-refractivity contribution is 0.416. The number of hydrogen-bond acceptors (Lipinski definition) is 3. The van der Waals surface area contributed by atoms with Crippen molar-refractivity contribution >= 4 is 11.4 Å². The average molecular weight is 226 g/mol. The van der Waals surface area contributed by atoms with E-state index >= 15 is 0 Å². The molecule has 0 unspecified atom stereocenters. The Balaban J connectivity index is 3.10. The summed E-state index contributed by atoms with van der Waals surface area (Å²) in [6.07, 6.45) is 0.972. The van der Waals surface area contributed by atoms with E-state index in [0.717, 1.165) is 19.5 Å². The number of halogens is 1. The molecule has 1 aromatic rings. The lowest BCUT2D eigenvalue weighted by Crippen LogP contribution is -2.24. The third kappa shape index (κ3) is 2.56. The van der Waals surface area contributed by atoms with Crippen molar-refractivity contribution in [2.45, 2.75) is 20.3 Å². The quantitative estimate of drug-likeness (QED) is 0.784. The second-order valence-corrected chi connectivity index (χ2v) is 3.63. The zero-order valence-electron chi connectivity index (χ0n) is 10.1. The number of benzene rings is 1. The molecule has 0 aliphatic carbocycles. The maximum absolute atomic E-state index is 13.7. The molecule has 0 amide bonds. The minimum Gasteiger partial charge on any atom is -0.495 e. The van der Waals surface area contributed by atoms with Crippen LogP contribution in [-0.4, -0.2) is 20.2 Å². The summed E-state index contributed by atoms with van der Waals surface area (Å²) in [6, 6.07) is 2.97. The summed E-state index contributed by atoms with van der Waals surface area (Å²) in [5, 5.41) is 0. The Bertz CT molecular complexity index is 355. The number of hydrogen-bond donors (Lipinski definition) is 1. The molecular formula is C12H19FN2O. The molecule has 0 heterocycles. The third-order valence-electron chi connectivity index (χ3n) is 2.52. The van der Waals surface area contributed by atoms with Gasteiger partial charge < -0.3 is 15.4 Å². The van der Waals surface area contributed by atoms with E-state index in [-0.39, 0.29) is 5.82 Å². The van der Waals surface area contributed by atoms with Crippen molar-refractivity contribution in [2.75, 3.05) is 30.8 Å². The van der Waals surface area contributed by atoms with E-state index in [2.05, 4.69) is 6.92 Å². The second-order valence-electron chi connectivity index (χ2n) is 3.63. The van der Waals surface area contributed by atoms with Gasteiger partial charge in [0, 0.05) is 25.2 Å². The van der Waals surface area contributed by atoms with Gasteiger partial charge in [-0.2, -0.15) is 0 Å². The fourth-order valence-electron chi connectivity index (χ4n) is 1.70. The van der Waals surface area contributed by atoms with Crippen LogP contribution in [0.4, 0.5) is 15.8 Å². The molecular weight excluding hydrogens is 207 g/mol. The Labute approximate surface area is 96.0 Å². The van der Waals surface area contributed by atoms with Crippen LogP contribution in [-0.2, 0) is 0 Å². The van der Waals surface area contributed by atoms with Crippen molar-refractivity contribution in [1.29, 1.82) is 0 Å². The van der Waals surface area contributed by atoms with Crippen molar-refractivity contribution < 1.29 is 9.13 Å². The van der Waals surface area contributed by atoms with Crippen LogP contribution in [0.15, 0.2) is 12.1 Å². The summed E-state index contributed by atoms with van der Waals surface area (Å²) >= 11 is 0. The highest BCUT2D eigenvalue weighted by Crippen LogP contribution is 2.30. The summed E-state index contributed by atoms with van der Waals surface area (Å²) in [5.41, 5.74) is 6.51. The number of nitrogen functional groups attached to an aromatic ring is 1. The Hall–Kier alpha value is -1.45. The predicted molar refractivity (Wildman–Crippen MR) is 65.5 cm³/mol. The van der Waals surface area contributed by atoms with E-state index in [9.17, 15) is 4.39 Å². The highest BCUT2D eigenvalue weighted by Gasteiger charge is 2.13. The standard InChI is InChI=1S/C12H19FN2O/c1-4-6-15(5-2)11-8-12(16-3)10(14)7-9(11)13/h7-8H,4-6,14H2,1-3H3. The molecule has 0 saturated heterocycles. The number of methoxy groups -OCH3 is 1. The molecule has 0 atom stereocenters. The molecule has 90 valence electrons. The molecule has 1 aromatic carbocycles. The third-order valence-corrected chi connectivity index (χ3v) is 2.52. The van der Waals surface area contributed by atoms with Crippen molar-refractivity contribution in [2.24, 2.45) is 0 Å². The van der Waals surface area contributed by atoms with Gasteiger partial charge in [-0.05, 0) is 13.3 Å². The Morgan fingerprint density at radius 1 is 1.38 bits per heavy atom. The van der Waals surface area contributed by atoms with Crippen LogP contribution < -0.4 is 15.4 Å². The Kier molecular flexibility index (Phi) is 4.40. The fraction of sp³-hybridized carbons (Fsp3) is 0.500. The van der Waals surface area contributed by atoms with E-state index < -0.39 is 0 Å². The van der Waals surface area contributed by atoms with E-state index in [1.807, 2.05) is 11.8 Å².